The summed E-state index contributed by atoms with van der Waals surface area (Å²) in [6.07, 6.45) is 0.181. The van der Waals surface area contributed by atoms with Crippen LogP contribution in [0.15, 0.2) is 24.3 Å². The molecule has 0 bridgehead atoms. The smallest absolute Gasteiger partial charge is 0.329 e. The first-order valence-corrected chi connectivity index (χ1v) is 9.83. The number of carbonyl (C=O) groups excluding carboxylic acids is 5. The second-order valence-electron chi connectivity index (χ2n) is 7.93. The minimum atomic E-state index is -1.17. The number of hydrogen-bond donors (Lipinski definition) is 2. The summed E-state index contributed by atoms with van der Waals surface area (Å²) in [5, 5.41) is 4.56. The lowest BCUT2D eigenvalue weighted by Crippen LogP contribution is -2.47. The molecule has 9 heteroatoms. The lowest BCUT2D eigenvalue weighted by atomic mass is 10.0. The van der Waals surface area contributed by atoms with Gasteiger partial charge in [-0.1, -0.05) is 39.8 Å². The van der Waals surface area contributed by atoms with E-state index in [2.05, 4.69) is 10.6 Å². The van der Waals surface area contributed by atoms with Crippen molar-refractivity contribution in [1.82, 2.24) is 15.5 Å². The Morgan fingerprint density at radius 2 is 1.53 bits per heavy atom. The first-order valence-electron chi connectivity index (χ1n) is 9.83. The largest absolute Gasteiger partial charge is 0.454 e. The van der Waals surface area contributed by atoms with Crippen molar-refractivity contribution in [3.8, 4) is 0 Å². The van der Waals surface area contributed by atoms with Crippen molar-refractivity contribution < 1.29 is 28.7 Å². The molecule has 30 heavy (non-hydrogen) atoms. The second kappa shape index (κ2) is 10.00. The van der Waals surface area contributed by atoms with Crippen LogP contribution in [0, 0.1) is 11.8 Å². The summed E-state index contributed by atoms with van der Waals surface area (Å²) in [7, 11) is 0. The van der Waals surface area contributed by atoms with Crippen LogP contribution >= 0.6 is 0 Å². The van der Waals surface area contributed by atoms with Gasteiger partial charge in [-0.3, -0.25) is 24.6 Å². The number of rotatable bonds is 8. The van der Waals surface area contributed by atoms with Gasteiger partial charge in [0.2, 0.25) is 0 Å². The maximum atomic E-state index is 12.7. The fourth-order valence-corrected chi connectivity index (χ4v) is 2.98. The molecule has 162 valence electrons. The molecule has 1 atom stereocenters. The van der Waals surface area contributed by atoms with E-state index in [-0.39, 0.29) is 29.4 Å². The molecule has 2 rings (SSSR count). The number of fused-ring (bicyclic) bond motifs is 1. The third-order valence-electron chi connectivity index (χ3n) is 4.37. The molecule has 9 nitrogen and oxygen atoms in total. The van der Waals surface area contributed by atoms with Gasteiger partial charge in [0.05, 0.1) is 11.1 Å². The van der Waals surface area contributed by atoms with Crippen LogP contribution in [0.4, 0.5) is 4.79 Å². The summed E-state index contributed by atoms with van der Waals surface area (Å²) in [6.45, 7) is 7.16. The molecule has 1 aromatic rings. The Bertz CT molecular complexity index is 814. The third-order valence-corrected chi connectivity index (χ3v) is 4.37. The van der Waals surface area contributed by atoms with Gasteiger partial charge in [0.25, 0.3) is 17.7 Å². The number of carbonyl (C=O) groups is 5. The van der Waals surface area contributed by atoms with Crippen molar-refractivity contribution in [1.29, 1.82) is 0 Å². The van der Waals surface area contributed by atoms with Crippen molar-refractivity contribution in [2.24, 2.45) is 11.8 Å². The van der Waals surface area contributed by atoms with E-state index in [1.165, 1.54) is 12.1 Å². The molecule has 0 radical (unpaired) electrons. The summed E-state index contributed by atoms with van der Waals surface area (Å²) in [5.74, 6) is -2.65. The number of amides is 5. The summed E-state index contributed by atoms with van der Waals surface area (Å²) >= 11 is 0. The van der Waals surface area contributed by atoms with Gasteiger partial charge in [0.15, 0.2) is 6.61 Å². The third kappa shape index (κ3) is 5.65. The first-order chi connectivity index (χ1) is 14.1. The highest BCUT2D eigenvalue weighted by Gasteiger charge is 2.43. The zero-order chi connectivity index (χ0) is 22.4. The van der Waals surface area contributed by atoms with Gasteiger partial charge in [-0.15, -0.1) is 0 Å². The summed E-state index contributed by atoms with van der Waals surface area (Å²) in [5.41, 5.74) is 0.451. The predicted octanol–water partition coefficient (Wildman–Crippen LogP) is 1.72. The monoisotopic (exact) mass is 417 g/mol. The molecule has 0 saturated heterocycles. The topological polar surface area (TPSA) is 122 Å². The molecule has 1 aliphatic heterocycles. The summed E-state index contributed by atoms with van der Waals surface area (Å²) < 4.78 is 5.02. The molecular formula is C21H27N3O6. The van der Waals surface area contributed by atoms with Crippen LogP contribution in [0.2, 0.25) is 0 Å². The molecule has 0 fully saturated rings. The van der Waals surface area contributed by atoms with E-state index < -0.39 is 42.4 Å². The number of nitrogens with one attached hydrogen (secondary N) is 2. The van der Waals surface area contributed by atoms with Crippen molar-refractivity contribution in [3.63, 3.8) is 0 Å². The highest BCUT2D eigenvalue weighted by molar-refractivity contribution is 6.22. The molecule has 2 N–H and O–H groups in total. The number of imide groups is 2. The number of nitrogens with zero attached hydrogens (tertiary/aromatic N) is 1. The average molecular weight is 417 g/mol. The van der Waals surface area contributed by atoms with Crippen LogP contribution < -0.4 is 10.6 Å². The van der Waals surface area contributed by atoms with Crippen molar-refractivity contribution in [2.75, 3.05) is 13.2 Å². The molecule has 5 amide bonds. The van der Waals surface area contributed by atoms with Crippen LogP contribution in [-0.4, -0.2) is 53.8 Å². The Morgan fingerprint density at radius 1 is 0.967 bits per heavy atom. The standard InChI is InChI=1S/C21H27N3O6/c1-12(2)9-16(24-18(26)14-7-5-6-8-15(14)19(24)27)20(28)30-11-17(25)23-21(29)22-10-13(3)4/h5-8,12-13,16H,9-11H2,1-4H3,(H2,22,23,25,29)/t16-/m0/s1. The zero-order valence-electron chi connectivity index (χ0n) is 17.6. The molecule has 0 spiro atoms. The van der Waals surface area contributed by atoms with Crippen LogP contribution in [0.25, 0.3) is 0 Å². The van der Waals surface area contributed by atoms with Gasteiger partial charge in [0, 0.05) is 6.54 Å². The van der Waals surface area contributed by atoms with E-state index in [0.717, 1.165) is 4.90 Å². The Morgan fingerprint density at radius 3 is 2.03 bits per heavy atom. The minimum absolute atomic E-state index is 0.0255. The molecule has 0 saturated carbocycles. The molecule has 1 aliphatic rings. The van der Waals surface area contributed by atoms with Crippen molar-refractivity contribution >= 4 is 29.7 Å². The van der Waals surface area contributed by atoms with Gasteiger partial charge >= 0.3 is 12.0 Å². The van der Waals surface area contributed by atoms with Gasteiger partial charge in [-0.25, -0.2) is 9.59 Å². The van der Waals surface area contributed by atoms with E-state index in [1.807, 2.05) is 27.7 Å². The lowest BCUT2D eigenvalue weighted by molar-refractivity contribution is -0.152. The fraction of sp³-hybridized carbons (Fsp3) is 0.476. The number of benzene rings is 1. The fourth-order valence-electron chi connectivity index (χ4n) is 2.98. The van der Waals surface area contributed by atoms with Crippen LogP contribution in [-0.2, 0) is 14.3 Å². The normalized spacial score (nSPS) is 14.0. The molecule has 1 aromatic carbocycles. The van der Waals surface area contributed by atoms with Crippen LogP contribution in [0.1, 0.15) is 54.8 Å². The lowest BCUT2D eigenvalue weighted by Gasteiger charge is -2.25. The van der Waals surface area contributed by atoms with E-state index >= 15 is 0 Å². The zero-order valence-corrected chi connectivity index (χ0v) is 17.6. The molecule has 0 unspecified atom stereocenters. The van der Waals surface area contributed by atoms with E-state index in [4.69, 9.17) is 4.74 Å². The first kappa shape index (κ1) is 23.1. The maximum absolute atomic E-state index is 12.7. The quantitative estimate of drug-likeness (QED) is 0.491. The van der Waals surface area contributed by atoms with Gasteiger partial charge < -0.3 is 10.1 Å². The number of urea groups is 1. The Kier molecular flexibility index (Phi) is 7.68. The second-order valence-corrected chi connectivity index (χ2v) is 7.93. The van der Waals surface area contributed by atoms with Gasteiger partial charge in [0.1, 0.15) is 6.04 Å². The highest BCUT2D eigenvalue weighted by Crippen LogP contribution is 2.27. The van der Waals surface area contributed by atoms with Gasteiger partial charge in [-0.05, 0) is 30.4 Å². The van der Waals surface area contributed by atoms with E-state index in [9.17, 15) is 24.0 Å². The van der Waals surface area contributed by atoms with Crippen molar-refractivity contribution in [2.45, 2.75) is 40.2 Å². The SMILES string of the molecule is CC(C)CNC(=O)NC(=O)COC(=O)[C@H](CC(C)C)N1C(=O)c2ccccc2C1=O. The number of hydrogen-bond acceptors (Lipinski definition) is 6. The molecule has 0 aromatic heterocycles. The van der Waals surface area contributed by atoms with E-state index in [0.29, 0.717) is 6.54 Å². The van der Waals surface area contributed by atoms with Crippen LogP contribution in [0.5, 0.6) is 0 Å². The molecule has 0 aliphatic carbocycles. The summed E-state index contributed by atoms with van der Waals surface area (Å²) in [4.78, 5) is 62.5. The summed E-state index contributed by atoms with van der Waals surface area (Å²) in [6, 6.07) is 4.46. The van der Waals surface area contributed by atoms with Gasteiger partial charge in [-0.2, -0.15) is 0 Å². The number of ether oxygens (including phenoxy) is 1. The highest BCUT2D eigenvalue weighted by atomic mass is 16.5. The maximum Gasteiger partial charge on any atom is 0.329 e. The van der Waals surface area contributed by atoms with Crippen LogP contribution in [0.3, 0.4) is 0 Å². The Labute approximate surface area is 175 Å². The Hall–Kier alpha value is -3.23. The predicted molar refractivity (Wildman–Crippen MR) is 108 cm³/mol. The molecule has 1 heterocycles. The molecular weight excluding hydrogens is 390 g/mol. The van der Waals surface area contributed by atoms with Crippen molar-refractivity contribution in [3.05, 3.63) is 35.4 Å². The average Bonchev–Trinajstić information content (AvgIpc) is 2.93. The number of esters is 1. The minimum Gasteiger partial charge on any atom is -0.454 e. The Balaban J connectivity index is 2.03. The van der Waals surface area contributed by atoms with E-state index in [1.54, 1.807) is 12.1 Å².